The zero-order chi connectivity index (χ0) is 14.4. The number of aryl methyl sites for hydroxylation is 1. The Labute approximate surface area is 111 Å². The van der Waals surface area contributed by atoms with Crippen LogP contribution in [0.15, 0.2) is 16.9 Å². The lowest BCUT2D eigenvalue weighted by Crippen LogP contribution is -2.41. The number of hydrogen-bond acceptors (Lipinski definition) is 3. The van der Waals surface area contributed by atoms with Gasteiger partial charge >= 0.3 is 0 Å². The molecule has 104 valence electrons. The van der Waals surface area contributed by atoms with Crippen LogP contribution in [0.2, 0.25) is 0 Å². The average molecular weight is 265 g/mol. The molecule has 1 rings (SSSR count). The molecule has 0 radical (unpaired) electrons. The molecular weight excluding hydrogens is 246 g/mol. The molecule has 1 aromatic rings. The SMILES string of the molecule is CCCCN(CC(N)=O)C(=O)c1ccc(C)[nH]c1=O. The molecule has 6 nitrogen and oxygen atoms in total. The second kappa shape index (κ2) is 6.72. The minimum atomic E-state index is -0.590. The van der Waals surface area contributed by atoms with Gasteiger partial charge in [-0.1, -0.05) is 13.3 Å². The summed E-state index contributed by atoms with van der Waals surface area (Å²) < 4.78 is 0. The van der Waals surface area contributed by atoms with Gasteiger partial charge in [-0.15, -0.1) is 0 Å². The van der Waals surface area contributed by atoms with Gasteiger partial charge < -0.3 is 15.6 Å². The van der Waals surface area contributed by atoms with E-state index >= 15 is 0 Å². The number of carbonyl (C=O) groups excluding carboxylic acids is 2. The van der Waals surface area contributed by atoms with Crippen LogP contribution in [0.1, 0.15) is 35.8 Å². The van der Waals surface area contributed by atoms with Crippen molar-refractivity contribution in [1.82, 2.24) is 9.88 Å². The van der Waals surface area contributed by atoms with E-state index < -0.39 is 17.4 Å². The monoisotopic (exact) mass is 265 g/mol. The fraction of sp³-hybridized carbons (Fsp3) is 0.462. The predicted molar refractivity (Wildman–Crippen MR) is 71.8 cm³/mol. The molecule has 1 heterocycles. The zero-order valence-corrected chi connectivity index (χ0v) is 11.2. The minimum absolute atomic E-state index is 0.0305. The summed E-state index contributed by atoms with van der Waals surface area (Å²) in [6.07, 6.45) is 1.63. The van der Waals surface area contributed by atoms with Gasteiger partial charge in [0.1, 0.15) is 5.56 Å². The van der Waals surface area contributed by atoms with Gasteiger partial charge in [-0.3, -0.25) is 14.4 Å². The van der Waals surface area contributed by atoms with Crippen molar-refractivity contribution in [3.63, 3.8) is 0 Å². The van der Waals surface area contributed by atoms with E-state index in [-0.39, 0.29) is 12.1 Å². The van der Waals surface area contributed by atoms with E-state index in [9.17, 15) is 14.4 Å². The first-order valence-electron chi connectivity index (χ1n) is 6.23. The highest BCUT2D eigenvalue weighted by molar-refractivity contribution is 5.96. The maximum atomic E-state index is 12.2. The molecule has 0 spiro atoms. The minimum Gasteiger partial charge on any atom is -0.368 e. The molecule has 0 fully saturated rings. The van der Waals surface area contributed by atoms with Crippen LogP contribution in [0.3, 0.4) is 0 Å². The van der Waals surface area contributed by atoms with Crippen molar-refractivity contribution < 1.29 is 9.59 Å². The number of primary amides is 1. The molecular formula is C13H19N3O3. The summed E-state index contributed by atoms with van der Waals surface area (Å²) in [6, 6.07) is 3.12. The number of nitrogens with two attached hydrogens (primary N) is 1. The highest BCUT2D eigenvalue weighted by Crippen LogP contribution is 2.03. The summed E-state index contributed by atoms with van der Waals surface area (Å²) in [7, 11) is 0. The van der Waals surface area contributed by atoms with Crippen molar-refractivity contribution in [2.24, 2.45) is 5.73 Å². The molecule has 2 amide bonds. The molecule has 0 saturated carbocycles. The smallest absolute Gasteiger partial charge is 0.260 e. The van der Waals surface area contributed by atoms with E-state index in [0.29, 0.717) is 12.2 Å². The Morgan fingerprint density at radius 1 is 1.37 bits per heavy atom. The molecule has 0 aromatic carbocycles. The summed E-state index contributed by atoms with van der Waals surface area (Å²) in [5.74, 6) is -1.05. The van der Waals surface area contributed by atoms with Crippen LogP contribution in [0.25, 0.3) is 0 Å². The van der Waals surface area contributed by atoms with Crippen molar-refractivity contribution in [2.75, 3.05) is 13.1 Å². The third-order valence-electron chi connectivity index (χ3n) is 2.70. The Bertz CT molecular complexity index is 522. The number of unbranched alkanes of at least 4 members (excludes halogenated alkanes) is 1. The summed E-state index contributed by atoms with van der Waals surface area (Å²) in [4.78, 5) is 38.8. The number of aromatic amines is 1. The van der Waals surface area contributed by atoms with Gasteiger partial charge in [0, 0.05) is 12.2 Å². The second-order valence-corrected chi connectivity index (χ2v) is 4.43. The first-order valence-corrected chi connectivity index (χ1v) is 6.23. The molecule has 0 aliphatic carbocycles. The van der Waals surface area contributed by atoms with Gasteiger partial charge in [0.25, 0.3) is 11.5 Å². The van der Waals surface area contributed by atoms with E-state index in [2.05, 4.69) is 4.98 Å². The normalized spacial score (nSPS) is 10.2. The number of H-pyrrole nitrogens is 1. The van der Waals surface area contributed by atoms with Gasteiger partial charge in [0.2, 0.25) is 5.91 Å². The number of pyridine rings is 1. The number of aromatic nitrogens is 1. The quantitative estimate of drug-likeness (QED) is 0.779. The van der Waals surface area contributed by atoms with Crippen molar-refractivity contribution in [1.29, 1.82) is 0 Å². The standard InChI is InChI=1S/C13H19N3O3/c1-3-4-7-16(8-11(14)17)13(19)10-6-5-9(2)15-12(10)18/h5-6H,3-4,7-8H2,1-2H3,(H2,14,17)(H,15,18). The van der Waals surface area contributed by atoms with Crippen LogP contribution in [0.5, 0.6) is 0 Å². The Kier molecular flexibility index (Phi) is 5.29. The Morgan fingerprint density at radius 3 is 2.58 bits per heavy atom. The van der Waals surface area contributed by atoms with Gasteiger partial charge in [-0.2, -0.15) is 0 Å². The lowest BCUT2D eigenvalue weighted by atomic mass is 10.2. The Balaban J connectivity index is 2.97. The van der Waals surface area contributed by atoms with Crippen LogP contribution in [-0.4, -0.2) is 34.8 Å². The van der Waals surface area contributed by atoms with Crippen LogP contribution in [0.4, 0.5) is 0 Å². The molecule has 0 bridgehead atoms. The zero-order valence-electron chi connectivity index (χ0n) is 11.2. The predicted octanol–water partition coefficient (Wildman–Crippen LogP) is 0.411. The first-order chi connectivity index (χ1) is 8.95. The summed E-state index contributed by atoms with van der Waals surface area (Å²) in [5.41, 5.74) is 5.38. The molecule has 0 aliphatic heterocycles. The van der Waals surface area contributed by atoms with Crippen LogP contribution >= 0.6 is 0 Å². The van der Waals surface area contributed by atoms with Crippen LogP contribution in [0, 0.1) is 6.92 Å². The number of nitrogens with zero attached hydrogens (tertiary/aromatic N) is 1. The lowest BCUT2D eigenvalue weighted by Gasteiger charge is -2.20. The molecule has 19 heavy (non-hydrogen) atoms. The first kappa shape index (κ1) is 14.9. The molecule has 0 atom stereocenters. The molecule has 0 saturated heterocycles. The second-order valence-electron chi connectivity index (χ2n) is 4.43. The number of nitrogens with one attached hydrogen (secondary N) is 1. The van der Waals surface area contributed by atoms with Crippen molar-refractivity contribution >= 4 is 11.8 Å². The number of hydrogen-bond donors (Lipinski definition) is 2. The van der Waals surface area contributed by atoms with Crippen molar-refractivity contribution in [2.45, 2.75) is 26.7 Å². The summed E-state index contributed by atoms with van der Waals surface area (Å²) in [6.45, 7) is 3.94. The van der Waals surface area contributed by atoms with E-state index in [1.165, 1.54) is 11.0 Å². The van der Waals surface area contributed by atoms with Gasteiger partial charge in [0.15, 0.2) is 0 Å². The van der Waals surface area contributed by atoms with Crippen LogP contribution in [-0.2, 0) is 4.79 Å². The molecule has 1 aromatic heterocycles. The third kappa shape index (κ3) is 4.24. The number of amides is 2. The fourth-order valence-corrected chi connectivity index (χ4v) is 1.70. The topological polar surface area (TPSA) is 96.3 Å². The maximum Gasteiger partial charge on any atom is 0.260 e. The molecule has 3 N–H and O–H groups in total. The molecule has 6 heteroatoms. The van der Waals surface area contributed by atoms with Gasteiger partial charge in [0.05, 0.1) is 6.54 Å². The molecule has 0 aliphatic rings. The Morgan fingerprint density at radius 2 is 2.05 bits per heavy atom. The number of rotatable bonds is 6. The van der Waals surface area contributed by atoms with E-state index in [1.54, 1.807) is 13.0 Å². The number of carbonyl (C=O) groups is 2. The van der Waals surface area contributed by atoms with E-state index in [1.807, 2.05) is 6.92 Å². The Hall–Kier alpha value is -2.11. The third-order valence-corrected chi connectivity index (χ3v) is 2.70. The average Bonchev–Trinajstić information content (AvgIpc) is 2.33. The van der Waals surface area contributed by atoms with Crippen molar-refractivity contribution in [3.05, 3.63) is 33.7 Å². The fourth-order valence-electron chi connectivity index (χ4n) is 1.70. The summed E-state index contributed by atoms with van der Waals surface area (Å²) in [5, 5.41) is 0. The van der Waals surface area contributed by atoms with Crippen LogP contribution < -0.4 is 11.3 Å². The summed E-state index contributed by atoms with van der Waals surface area (Å²) >= 11 is 0. The largest absolute Gasteiger partial charge is 0.368 e. The van der Waals surface area contributed by atoms with E-state index in [4.69, 9.17) is 5.73 Å². The highest BCUT2D eigenvalue weighted by Gasteiger charge is 2.19. The maximum absolute atomic E-state index is 12.2. The van der Waals surface area contributed by atoms with Gasteiger partial charge in [-0.25, -0.2) is 0 Å². The van der Waals surface area contributed by atoms with E-state index in [0.717, 1.165) is 12.8 Å². The lowest BCUT2D eigenvalue weighted by molar-refractivity contribution is -0.118. The highest BCUT2D eigenvalue weighted by atomic mass is 16.2. The van der Waals surface area contributed by atoms with Gasteiger partial charge in [-0.05, 0) is 25.5 Å². The van der Waals surface area contributed by atoms with Crippen molar-refractivity contribution in [3.8, 4) is 0 Å². The molecule has 0 unspecified atom stereocenters.